The van der Waals surface area contributed by atoms with E-state index in [0.717, 1.165) is 24.8 Å². The van der Waals surface area contributed by atoms with Crippen LogP contribution in [0.4, 0.5) is 4.39 Å². The number of carbonyl (C=O) groups is 2. The van der Waals surface area contributed by atoms with Gasteiger partial charge in [0.1, 0.15) is 5.82 Å². The van der Waals surface area contributed by atoms with Crippen molar-refractivity contribution in [2.75, 3.05) is 6.54 Å². The van der Waals surface area contributed by atoms with Crippen LogP contribution in [0.1, 0.15) is 63.4 Å². The van der Waals surface area contributed by atoms with Crippen LogP contribution < -0.4 is 5.32 Å². The molecule has 3 heterocycles. The Balaban J connectivity index is 1.49. The normalized spacial score (nSPS) is 16.1. The average Bonchev–Trinajstić information content (AvgIpc) is 3.23. The van der Waals surface area contributed by atoms with Crippen LogP contribution >= 0.6 is 0 Å². The van der Waals surface area contributed by atoms with Crippen molar-refractivity contribution in [3.8, 4) is 0 Å². The Hall–Kier alpha value is -3.62. The van der Waals surface area contributed by atoms with Crippen molar-refractivity contribution in [1.29, 1.82) is 0 Å². The molecule has 8 nitrogen and oxygen atoms in total. The van der Waals surface area contributed by atoms with Gasteiger partial charge in [0.2, 0.25) is 0 Å². The molecule has 9 heteroatoms. The van der Waals surface area contributed by atoms with Gasteiger partial charge >= 0.3 is 0 Å². The number of benzene rings is 1. The molecule has 1 fully saturated rings. The number of hydrogen-bond donors (Lipinski definition) is 1. The van der Waals surface area contributed by atoms with Gasteiger partial charge in [0.05, 0.1) is 17.3 Å². The van der Waals surface area contributed by atoms with Gasteiger partial charge in [-0.15, -0.1) is 0 Å². The summed E-state index contributed by atoms with van der Waals surface area (Å²) in [6, 6.07) is 5.69. The monoisotopic (exact) mass is 436 g/mol. The first kappa shape index (κ1) is 21.6. The Morgan fingerprint density at radius 3 is 2.66 bits per heavy atom. The fourth-order valence-corrected chi connectivity index (χ4v) is 3.89. The lowest BCUT2D eigenvalue weighted by Crippen LogP contribution is -2.40. The lowest BCUT2D eigenvalue weighted by Gasteiger charge is -2.34. The zero-order valence-corrected chi connectivity index (χ0v) is 18.1. The molecule has 1 saturated heterocycles. The number of likely N-dealkylation sites (tertiary alicyclic amines) is 1. The molecule has 2 aromatic heterocycles. The van der Waals surface area contributed by atoms with Crippen LogP contribution in [0.15, 0.2) is 42.9 Å². The molecule has 0 radical (unpaired) electrons. The number of hydrogen-bond acceptors (Lipinski definition) is 5. The fourth-order valence-electron chi connectivity index (χ4n) is 3.89. The van der Waals surface area contributed by atoms with E-state index in [0.29, 0.717) is 29.5 Å². The van der Waals surface area contributed by atoms with Crippen molar-refractivity contribution in [1.82, 2.24) is 29.7 Å². The molecule has 0 aliphatic carbocycles. The highest BCUT2D eigenvalue weighted by atomic mass is 19.1. The van der Waals surface area contributed by atoms with E-state index in [-0.39, 0.29) is 30.2 Å². The number of aromatic nitrogens is 4. The smallest absolute Gasteiger partial charge is 0.290 e. The molecule has 1 N–H and O–H groups in total. The van der Waals surface area contributed by atoms with Crippen molar-refractivity contribution in [2.24, 2.45) is 7.05 Å². The second-order valence-electron chi connectivity index (χ2n) is 7.91. The molecule has 1 aliphatic heterocycles. The first-order valence-electron chi connectivity index (χ1n) is 10.6. The van der Waals surface area contributed by atoms with E-state index in [1.165, 1.54) is 18.3 Å². The van der Waals surface area contributed by atoms with Crippen molar-refractivity contribution in [3.05, 3.63) is 77.1 Å². The zero-order valence-electron chi connectivity index (χ0n) is 18.1. The van der Waals surface area contributed by atoms with Gasteiger partial charge in [-0.2, -0.15) is 0 Å². The summed E-state index contributed by atoms with van der Waals surface area (Å²) in [5.41, 5.74) is 1.70. The van der Waals surface area contributed by atoms with E-state index in [1.807, 2.05) is 0 Å². The number of rotatable bonds is 5. The summed E-state index contributed by atoms with van der Waals surface area (Å²) in [6.45, 7) is 2.64. The summed E-state index contributed by atoms with van der Waals surface area (Å²) in [6.07, 6.45) is 7.49. The molecule has 1 aliphatic rings. The maximum Gasteiger partial charge on any atom is 0.290 e. The van der Waals surface area contributed by atoms with Crippen LogP contribution in [0.25, 0.3) is 0 Å². The molecular formula is C23H25FN6O2. The Bertz CT molecular complexity index is 1130. The van der Waals surface area contributed by atoms with E-state index >= 15 is 0 Å². The van der Waals surface area contributed by atoms with E-state index in [1.54, 1.807) is 48.0 Å². The Kier molecular flexibility index (Phi) is 6.25. The van der Waals surface area contributed by atoms with Gasteiger partial charge < -0.3 is 14.8 Å². The minimum absolute atomic E-state index is 0.149. The third-order valence-corrected chi connectivity index (χ3v) is 5.68. The highest BCUT2D eigenvalue weighted by Gasteiger charge is 2.32. The highest BCUT2D eigenvalue weighted by Crippen LogP contribution is 2.30. The Labute approximate surface area is 185 Å². The predicted octanol–water partition coefficient (Wildman–Crippen LogP) is 2.96. The van der Waals surface area contributed by atoms with Gasteiger partial charge in [-0.05, 0) is 43.9 Å². The Morgan fingerprint density at radius 1 is 1.19 bits per heavy atom. The van der Waals surface area contributed by atoms with Gasteiger partial charge in [0.15, 0.2) is 11.6 Å². The summed E-state index contributed by atoms with van der Waals surface area (Å²) < 4.78 is 14.7. The van der Waals surface area contributed by atoms with Crippen molar-refractivity contribution in [2.45, 2.75) is 38.8 Å². The van der Waals surface area contributed by atoms with Crippen LogP contribution in [-0.4, -0.2) is 42.8 Å². The van der Waals surface area contributed by atoms with Crippen LogP contribution in [0.5, 0.6) is 0 Å². The zero-order chi connectivity index (χ0) is 22.7. The molecule has 3 aromatic rings. The Morgan fingerprint density at radius 2 is 1.97 bits per heavy atom. The molecule has 32 heavy (non-hydrogen) atoms. The average molecular weight is 436 g/mol. The number of aryl methyl sites for hydroxylation is 2. The van der Waals surface area contributed by atoms with Crippen LogP contribution in [0.2, 0.25) is 0 Å². The van der Waals surface area contributed by atoms with Gasteiger partial charge in [-0.3, -0.25) is 9.59 Å². The number of halogens is 1. The molecule has 2 amide bonds. The molecule has 166 valence electrons. The fraction of sp³-hybridized carbons (Fsp3) is 0.348. The summed E-state index contributed by atoms with van der Waals surface area (Å²) in [4.78, 5) is 40.7. The summed E-state index contributed by atoms with van der Waals surface area (Å²) in [5, 5.41) is 2.81. The minimum Gasteiger partial charge on any atom is -0.348 e. The molecule has 1 unspecified atom stereocenters. The summed E-state index contributed by atoms with van der Waals surface area (Å²) in [7, 11) is 1.79. The van der Waals surface area contributed by atoms with E-state index in [9.17, 15) is 14.0 Å². The summed E-state index contributed by atoms with van der Waals surface area (Å²) >= 11 is 0. The maximum absolute atomic E-state index is 13.1. The lowest BCUT2D eigenvalue weighted by atomic mass is 10.0. The molecule has 1 aromatic carbocycles. The van der Waals surface area contributed by atoms with Crippen LogP contribution in [0.3, 0.4) is 0 Å². The van der Waals surface area contributed by atoms with E-state index in [2.05, 4.69) is 20.3 Å². The highest BCUT2D eigenvalue weighted by molar-refractivity contribution is 5.95. The van der Waals surface area contributed by atoms with Crippen molar-refractivity contribution >= 4 is 11.8 Å². The first-order chi connectivity index (χ1) is 15.4. The van der Waals surface area contributed by atoms with Gasteiger partial charge in [-0.25, -0.2) is 19.3 Å². The number of piperidine rings is 1. The van der Waals surface area contributed by atoms with Crippen molar-refractivity contribution < 1.29 is 14.0 Å². The van der Waals surface area contributed by atoms with Gasteiger partial charge in [0.25, 0.3) is 11.8 Å². The standard InChI is InChI=1S/C23H25FN6O2/c1-15-18(22(31)27-13-16-6-8-17(24)9-7-16)14-26-20(28-15)19-5-3-4-11-30(19)23(32)21-25-10-12-29(21)2/h6-10,12,14,19H,3-5,11,13H2,1-2H3,(H,27,31). The second-order valence-corrected chi connectivity index (χ2v) is 7.91. The van der Waals surface area contributed by atoms with Gasteiger partial charge in [0, 0.05) is 38.7 Å². The summed E-state index contributed by atoms with van der Waals surface area (Å²) in [5.74, 6) is 0.135. The van der Waals surface area contributed by atoms with E-state index in [4.69, 9.17) is 0 Å². The quantitative estimate of drug-likeness (QED) is 0.664. The molecule has 4 rings (SSSR count). The molecule has 0 bridgehead atoms. The number of imidazole rings is 1. The van der Waals surface area contributed by atoms with Crippen LogP contribution in [-0.2, 0) is 13.6 Å². The number of nitrogens with zero attached hydrogens (tertiary/aromatic N) is 5. The minimum atomic E-state index is -0.321. The van der Waals surface area contributed by atoms with Crippen molar-refractivity contribution in [3.63, 3.8) is 0 Å². The maximum atomic E-state index is 13.1. The molecule has 1 atom stereocenters. The first-order valence-corrected chi connectivity index (χ1v) is 10.6. The number of amides is 2. The number of carbonyl (C=O) groups excluding carboxylic acids is 2. The lowest BCUT2D eigenvalue weighted by molar-refractivity contribution is 0.0582. The topological polar surface area (TPSA) is 93.0 Å². The van der Waals surface area contributed by atoms with Crippen LogP contribution in [0, 0.1) is 12.7 Å². The molecular weight excluding hydrogens is 411 g/mol. The third-order valence-electron chi connectivity index (χ3n) is 5.68. The third kappa shape index (κ3) is 4.51. The predicted molar refractivity (Wildman–Crippen MR) is 115 cm³/mol. The largest absolute Gasteiger partial charge is 0.348 e. The van der Waals surface area contributed by atoms with E-state index < -0.39 is 0 Å². The second kappa shape index (κ2) is 9.25. The SMILES string of the molecule is Cc1nc(C2CCCCN2C(=O)c2nccn2C)ncc1C(=O)NCc1ccc(F)cc1. The van der Waals surface area contributed by atoms with Gasteiger partial charge in [-0.1, -0.05) is 12.1 Å². The molecule has 0 spiro atoms. The number of nitrogens with one attached hydrogen (secondary N) is 1. The molecule has 0 saturated carbocycles.